The minimum absolute atomic E-state index is 0.499. The van der Waals surface area contributed by atoms with E-state index in [9.17, 15) is 0 Å². The Morgan fingerprint density at radius 1 is 1.10 bits per heavy atom. The van der Waals surface area contributed by atoms with E-state index in [1.54, 1.807) is 11.8 Å². The van der Waals surface area contributed by atoms with Crippen LogP contribution in [0.1, 0.15) is 17.8 Å². The Hall–Kier alpha value is -1.46. The van der Waals surface area contributed by atoms with Crippen LogP contribution in [0.15, 0.2) is 28.1 Å². The van der Waals surface area contributed by atoms with Gasteiger partial charge < -0.3 is 9.47 Å². The average molecular weight is 323 g/mol. The smallest absolute Gasteiger partial charge is 0.162 e. The van der Waals surface area contributed by atoms with Gasteiger partial charge in [0.15, 0.2) is 11.5 Å². The Morgan fingerprint density at radius 2 is 1.86 bits per heavy atom. The molecule has 0 saturated carbocycles. The van der Waals surface area contributed by atoms with Gasteiger partial charge in [0.2, 0.25) is 0 Å². The zero-order valence-electron chi connectivity index (χ0n) is 11.9. The van der Waals surface area contributed by atoms with E-state index in [-0.39, 0.29) is 0 Å². The van der Waals surface area contributed by atoms with Gasteiger partial charge in [0.25, 0.3) is 0 Å². The molecular formula is C15H15ClN2O2S. The number of aryl methyl sites for hydroxylation is 1. The van der Waals surface area contributed by atoms with Crippen molar-refractivity contribution in [3.63, 3.8) is 0 Å². The van der Waals surface area contributed by atoms with Gasteiger partial charge in [0.1, 0.15) is 16.0 Å². The molecule has 0 atom stereocenters. The summed E-state index contributed by atoms with van der Waals surface area (Å²) in [5.74, 6) is 2.25. The second-order valence-corrected chi connectivity index (χ2v) is 6.17. The molecule has 110 valence electrons. The van der Waals surface area contributed by atoms with E-state index in [1.807, 2.05) is 32.0 Å². The van der Waals surface area contributed by atoms with Gasteiger partial charge in [-0.3, -0.25) is 0 Å². The summed E-state index contributed by atoms with van der Waals surface area (Å²) >= 11 is 7.66. The lowest BCUT2D eigenvalue weighted by atomic mass is 10.3. The minimum atomic E-state index is 0.499. The fourth-order valence-corrected chi connectivity index (χ4v) is 3.21. The standard InChI is InChI=1S/C15H15ClN2O2S/c1-9-14(16)17-10(2)18-15(9)21-11-4-5-12-13(8-11)20-7-3-6-19-12/h4-5,8H,3,6-7H2,1-2H3. The molecule has 21 heavy (non-hydrogen) atoms. The third-order valence-corrected chi connectivity index (χ3v) is 4.54. The Balaban J connectivity index is 1.90. The van der Waals surface area contributed by atoms with Crippen LogP contribution in [0.4, 0.5) is 0 Å². The first-order valence-corrected chi connectivity index (χ1v) is 7.91. The van der Waals surface area contributed by atoms with Gasteiger partial charge in [-0.05, 0) is 32.0 Å². The van der Waals surface area contributed by atoms with Crippen molar-refractivity contribution in [2.45, 2.75) is 30.2 Å². The molecule has 0 aliphatic carbocycles. The first kappa shape index (κ1) is 14.5. The molecule has 2 aromatic rings. The molecule has 1 aliphatic rings. The average Bonchev–Trinajstić information content (AvgIpc) is 2.69. The third-order valence-electron chi connectivity index (χ3n) is 3.09. The largest absolute Gasteiger partial charge is 0.490 e. The van der Waals surface area contributed by atoms with Crippen molar-refractivity contribution in [1.29, 1.82) is 0 Å². The molecule has 0 amide bonds. The molecule has 2 heterocycles. The van der Waals surface area contributed by atoms with Crippen LogP contribution in [0.3, 0.4) is 0 Å². The SMILES string of the molecule is Cc1nc(Cl)c(C)c(Sc2ccc3c(c2)OCCCO3)n1. The molecule has 0 bridgehead atoms. The van der Waals surface area contributed by atoms with Crippen molar-refractivity contribution in [2.24, 2.45) is 0 Å². The number of ether oxygens (including phenoxy) is 2. The topological polar surface area (TPSA) is 44.2 Å². The predicted octanol–water partition coefficient (Wildman–Crippen LogP) is 4.06. The molecule has 0 spiro atoms. The lowest BCUT2D eigenvalue weighted by Gasteiger charge is -2.10. The molecule has 6 heteroatoms. The van der Waals surface area contributed by atoms with Crippen LogP contribution in [0.5, 0.6) is 11.5 Å². The summed E-state index contributed by atoms with van der Waals surface area (Å²) < 4.78 is 11.3. The second-order valence-electron chi connectivity index (χ2n) is 4.75. The van der Waals surface area contributed by atoms with E-state index < -0.39 is 0 Å². The molecule has 0 saturated heterocycles. The number of nitrogens with zero attached hydrogens (tertiary/aromatic N) is 2. The number of halogens is 1. The maximum Gasteiger partial charge on any atom is 0.162 e. The highest BCUT2D eigenvalue weighted by atomic mass is 35.5. The summed E-state index contributed by atoms with van der Waals surface area (Å²) in [6.07, 6.45) is 0.900. The Labute approximate surface area is 132 Å². The van der Waals surface area contributed by atoms with Crippen LogP contribution in [-0.2, 0) is 0 Å². The zero-order valence-corrected chi connectivity index (χ0v) is 13.4. The van der Waals surface area contributed by atoms with E-state index in [1.165, 1.54) is 0 Å². The van der Waals surface area contributed by atoms with Gasteiger partial charge in [0.05, 0.1) is 13.2 Å². The van der Waals surface area contributed by atoms with Crippen LogP contribution in [0.25, 0.3) is 0 Å². The zero-order chi connectivity index (χ0) is 14.8. The molecule has 0 unspecified atom stereocenters. The van der Waals surface area contributed by atoms with Crippen LogP contribution < -0.4 is 9.47 Å². The van der Waals surface area contributed by atoms with Gasteiger partial charge in [-0.1, -0.05) is 23.4 Å². The number of fused-ring (bicyclic) bond motifs is 1. The van der Waals surface area contributed by atoms with Gasteiger partial charge in [-0.25, -0.2) is 9.97 Å². The van der Waals surface area contributed by atoms with Crippen molar-refractivity contribution < 1.29 is 9.47 Å². The molecule has 3 rings (SSSR count). The number of hydrogen-bond donors (Lipinski definition) is 0. The fourth-order valence-electron chi connectivity index (χ4n) is 1.99. The molecule has 1 aromatic carbocycles. The quantitative estimate of drug-likeness (QED) is 0.780. The monoisotopic (exact) mass is 322 g/mol. The van der Waals surface area contributed by atoms with E-state index in [2.05, 4.69) is 9.97 Å². The van der Waals surface area contributed by atoms with E-state index in [4.69, 9.17) is 21.1 Å². The molecule has 1 aromatic heterocycles. The molecule has 0 N–H and O–H groups in total. The van der Waals surface area contributed by atoms with Crippen molar-refractivity contribution in [3.05, 3.63) is 34.7 Å². The summed E-state index contributed by atoms with van der Waals surface area (Å²) in [7, 11) is 0. The lowest BCUT2D eigenvalue weighted by Crippen LogP contribution is -1.97. The maximum atomic E-state index is 6.11. The number of hydrogen-bond acceptors (Lipinski definition) is 5. The Bertz CT molecular complexity index is 679. The van der Waals surface area contributed by atoms with Crippen LogP contribution >= 0.6 is 23.4 Å². The molecular weight excluding hydrogens is 308 g/mol. The van der Waals surface area contributed by atoms with E-state index in [0.29, 0.717) is 24.2 Å². The molecule has 4 nitrogen and oxygen atoms in total. The highest BCUT2D eigenvalue weighted by Crippen LogP contribution is 2.37. The number of benzene rings is 1. The number of aromatic nitrogens is 2. The van der Waals surface area contributed by atoms with Gasteiger partial charge in [0, 0.05) is 16.9 Å². The summed E-state index contributed by atoms with van der Waals surface area (Å²) in [6, 6.07) is 5.92. The van der Waals surface area contributed by atoms with Gasteiger partial charge >= 0.3 is 0 Å². The van der Waals surface area contributed by atoms with Crippen LogP contribution in [0.2, 0.25) is 5.15 Å². The molecule has 1 aliphatic heterocycles. The highest BCUT2D eigenvalue weighted by molar-refractivity contribution is 7.99. The summed E-state index contributed by atoms with van der Waals surface area (Å²) in [5, 5.41) is 1.36. The molecule has 0 fully saturated rings. The van der Waals surface area contributed by atoms with Gasteiger partial charge in [-0.15, -0.1) is 0 Å². The van der Waals surface area contributed by atoms with Crippen molar-refractivity contribution in [1.82, 2.24) is 9.97 Å². The highest BCUT2D eigenvalue weighted by Gasteiger charge is 2.13. The lowest BCUT2D eigenvalue weighted by molar-refractivity contribution is 0.297. The number of rotatable bonds is 2. The summed E-state index contributed by atoms with van der Waals surface area (Å²) in [4.78, 5) is 9.65. The predicted molar refractivity (Wildman–Crippen MR) is 82.7 cm³/mol. The third kappa shape index (κ3) is 3.24. The minimum Gasteiger partial charge on any atom is -0.490 e. The maximum absolute atomic E-state index is 6.11. The van der Waals surface area contributed by atoms with Crippen LogP contribution in [0, 0.1) is 13.8 Å². The van der Waals surface area contributed by atoms with Crippen LogP contribution in [-0.4, -0.2) is 23.2 Å². The first-order valence-electron chi connectivity index (χ1n) is 6.72. The normalized spacial score (nSPS) is 13.9. The Morgan fingerprint density at radius 3 is 2.67 bits per heavy atom. The van der Waals surface area contributed by atoms with Gasteiger partial charge in [-0.2, -0.15) is 0 Å². The van der Waals surface area contributed by atoms with E-state index >= 15 is 0 Å². The van der Waals surface area contributed by atoms with Crippen molar-refractivity contribution in [2.75, 3.05) is 13.2 Å². The molecule has 0 radical (unpaired) electrons. The second kappa shape index (κ2) is 6.12. The summed E-state index contributed by atoms with van der Waals surface area (Å²) in [6.45, 7) is 5.13. The first-order chi connectivity index (χ1) is 10.1. The van der Waals surface area contributed by atoms with Crippen molar-refractivity contribution >= 4 is 23.4 Å². The van der Waals surface area contributed by atoms with E-state index in [0.717, 1.165) is 33.4 Å². The Kier molecular flexibility index (Phi) is 4.22. The van der Waals surface area contributed by atoms with Crippen molar-refractivity contribution in [3.8, 4) is 11.5 Å². The fraction of sp³-hybridized carbons (Fsp3) is 0.333. The summed E-state index contributed by atoms with van der Waals surface area (Å²) in [5.41, 5.74) is 0.888.